The number of aliphatic hydroxyl groups excluding tert-OH is 1. The van der Waals surface area contributed by atoms with Crippen LogP contribution >= 0.6 is 0 Å². The molecule has 9 saturated carbocycles. The maximum atomic E-state index is 10.7. The topological polar surface area (TPSA) is 94.5 Å². The minimum absolute atomic E-state index is 0. The summed E-state index contributed by atoms with van der Waals surface area (Å²) in [6.45, 7) is 41.1. The van der Waals surface area contributed by atoms with Gasteiger partial charge in [-0.15, -0.1) is 0 Å². The van der Waals surface area contributed by atoms with Crippen LogP contribution in [-0.2, 0) is 23.7 Å². The van der Waals surface area contributed by atoms with Crippen LogP contribution in [0, 0.1) is 85.8 Å². The van der Waals surface area contributed by atoms with Crippen LogP contribution in [0.4, 0.5) is 0 Å². The van der Waals surface area contributed by atoms with E-state index in [-0.39, 0.29) is 55.7 Å². The number of Topliss-reactive ketones (excluding diaryl/α,β-unsaturated/α-hetero) is 1. The second-order valence-corrected chi connectivity index (χ2v) is 28.9. The van der Waals surface area contributed by atoms with Crippen molar-refractivity contribution in [2.75, 3.05) is 0 Å². The first-order chi connectivity index (χ1) is 30.9. The zero-order valence-corrected chi connectivity index (χ0v) is 47.2. The normalized spacial score (nSPS) is 53.0. The third-order valence-electron chi connectivity index (χ3n) is 24.2. The highest BCUT2D eigenvalue weighted by Gasteiger charge is 2.76. The Bertz CT molecular complexity index is 1760. The van der Waals surface area contributed by atoms with Gasteiger partial charge >= 0.3 is 0 Å². The van der Waals surface area contributed by atoms with Crippen molar-refractivity contribution in [3.05, 3.63) is 0 Å². The lowest BCUT2D eigenvalue weighted by Crippen LogP contribution is -2.53. The van der Waals surface area contributed by atoms with Crippen molar-refractivity contribution < 1.29 is 34.0 Å². The van der Waals surface area contributed by atoms with Gasteiger partial charge in [-0.2, -0.15) is 0 Å². The lowest BCUT2D eigenvalue weighted by molar-refractivity contribution is -0.193. The third-order valence-corrected chi connectivity index (χ3v) is 24.2. The SMILES string of the molecule is C.CCCC(C)=O.CCC[C@@]1(C)O[C@H]2C[C@@]34C[C@H](C(C)(C)[C@@H]3CC[C@H]4C)[C@@]2(C)O1.CCC[C@]1(C)O[C@H]2C[C@@]34C[C@H](C(C)(C)[C@@H]3CC[C@H]4C)[C@@]2(C)O1.C[C@@H]1CC[C@H]2C(C)(C)[C@H]3C[C@@]12C[C@H](O)[C@]3(C)O.[B]. The van der Waals surface area contributed by atoms with Crippen molar-refractivity contribution in [2.24, 2.45) is 85.8 Å². The quantitative estimate of drug-likeness (QED) is 0.256. The molecule has 3 radical (unpaired) electrons. The Kier molecular flexibility index (Phi) is 15.6. The van der Waals surface area contributed by atoms with Gasteiger partial charge in [0.05, 0.1) is 35.1 Å². The maximum absolute atomic E-state index is 10.7. The number of carbonyl (C=O) groups excluding carboxylic acids is 1. The van der Waals surface area contributed by atoms with Crippen LogP contribution in [0.25, 0.3) is 0 Å². The van der Waals surface area contributed by atoms with Crippen molar-refractivity contribution in [3.8, 4) is 0 Å². The Balaban J connectivity index is 0.000000159. The Labute approximate surface area is 426 Å². The first-order valence-corrected chi connectivity index (χ1v) is 28.5. The summed E-state index contributed by atoms with van der Waals surface area (Å²) in [7, 11) is 0. The number of carbonyl (C=O) groups is 1. The molecule has 69 heavy (non-hydrogen) atoms. The summed E-state index contributed by atoms with van der Waals surface area (Å²) in [6, 6.07) is 0. The van der Waals surface area contributed by atoms with Crippen LogP contribution in [0.2, 0.25) is 0 Å². The molecule has 0 aromatic heterocycles. The molecule has 8 heteroatoms. The Morgan fingerprint density at radius 3 is 1.16 bits per heavy atom. The molecule has 20 atom stereocenters. The molecule has 0 unspecified atom stereocenters. The average molecular weight is 964 g/mol. The number of hydrogen-bond acceptors (Lipinski definition) is 7. The number of ether oxygens (including phenoxy) is 4. The number of hydrogen-bond donors (Lipinski definition) is 2. The number of ketones is 1. The summed E-state index contributed by atoms with van der Waals surface area (Å²) in [4.78, 5) is 10.0. The third kappa shape index (κ3) is 8.41. The highest BCUT2D eigenvalue weighted by molar-refractivity contribution is 5.75. The van der Waals surface area contributed by atoms with E-state index in [1.165, 1.54) is 64.2 Å². The standard InChI is InChI=1S/2C20H34O2.C15H26O2.C5H10O.CH4.B/c2*1-7-10-18(5)21-16-12-20-11-15(19(16,6)22-18)17(3,4)14(20)9-8-13(20)2;1-9-5-6-10-13(2,3)11-7-15(9,10)8-12(16)14(11,4)17;1-3-4-5(2)6;;/h2*13-16H,7-12H2,1-6H3;9-12,16-17H,5-8H2,1-4H3;3-4H2,1-2H3;1H4;/t13-,14+,15-,16+,18+,19-,20-;13-,14+,15-,16+,18-,19-,20-;9-,10+,11-,12+,14-,15-;;;/m111.../s1. The molecule has 2 aliphatic heterocycles. The van der Waals surface area contributed by atoms with E-state index in [1.54, 1.807) is 6.92 Å². The summed E-state index contributed by atoms with van der Waals surface area (Å²) in [5, 5.41) is 21.0. The van der Waals surface area contributed by atoms with Gasteiger partial charge < -0.3 is 34.0 Å². The fourth-order valence-electron chi connectivity index (χ4n) is 21.1. The van der Waals surface area contributed by atoms with E-state index in [1.807, 2.05) is 13.8 Å². The van der Waals surface area contributed by atoms with Crippen molar-refractivity contribution in [3.63, 3.8) is 0 Å². The molecule has 397 valence electrons. The van der Waals surface area contributed by atoms with E-state index in [0.717, 1.165) is 75.0 Å². The Hall–Kier alpha value is -0.505. The van der Waals surface area contributed by atoms with E-state index < -0.39 is 11.7 Å². The maximum Gasteiger partial charge on any atom is 0.166 e. The molecule has 11 aliphatic rings. The smallest absolute Gasteiger partial charge is 0.166 e. The Morgan fingerprint density at radius 2 is 0.841 bits per heavy atom. The van der Waals surface area contributed by atoms with Crippen molar-refractivity contribution in [1.29, 1.82) is 0 Å². The van der Waals surface area contributed by atoms with Gasteiger partial charge in [0.15, 0.2) is 11.6 Å². The molecule has 11 rings (SSSR count). The minimum atomic E-state index is -0.890. The Morgan fingerprint density at radius 1 is 0.507 bits per heavy atom. The molecule has 3 spiro atoms. The molecule has 2 heterocycles. The molecule has 6 bridgehead atoms. The van der Waals surface area contributed by atoms with Gasteiger partial charge in [-0.25, -0.2) is 0 Å². The number of rotatable bonds is 6. The second kappa shape index (κ2) is 18.7. The van der Waals surface area contributed by atoms with Crippen LogP contribution in [0.15, 0.2) is 0 Å². The highest BCUT2D eigenvalue weighted by atomic mass is 16.8. The first-order valence-electron chi connectivity index (χ1n) is 28.5. The number of aliphatic hydroxyl groups is 2. The van der Waals surface area contributed by atoms with E-state index in [4.69, 9.17) is 18.9 Å². The molecule has 2 saturated heterocycles. The van der Waals surface area contributed by atoms with Gasteiger partial charge in [0.2, 0.25) is 0 Å². The van der Waals surface area contributed by atoms with E-state index in [9.17, 15) is 15.0 Å². The fraction of sp³-hybridized carbons (Fsp3) is 0.984. The van der Waals surface area contributed by atoms with E-state index in [2.05, 4.69) is 104 Å². The summed E-state index contributed by atoms with van der Waals surface area (Å²) in [5.41, 5.74) is 1.26. The van der Waals surface area contributed by atoms with Gasteiger partial charge in [-0.3, -0.25) is 0 Å². The lowest BCUT2D eigenvalue weighted by atomic mass is 9.63. The van der Waals surface area contributed by atoms with Gasteiger partial charge in [0, 0.05) is 27.7 Å². The summed E-state index contributed by atoms with van der Waals surface area (Å²) in [6.07, 6.45) is 21.4. The van der Waals surface area contributed by atoms with Gasteiger partial charge in [0.1, 0.15) is 5.78 Å². The summed E-state index contributed by atoms with van der Waals surface area (Å²) in [5.74, 6) is 5.96. The van der Waals surface area contributed by atoms with Gasteiger partial charge in [-0.05, 0) is 211 Å². The summed E-state index contributed by atoms with van der Waals surface area (Å²) < 4.78 is 26.6. The van der Waals surface area contributed by atoms with Crippen molar-refractivity contribution in [2.45, 2.75) is 294 Å². The summed E-state index contributed by atoms with van der Waals surface area (Å²) >= 11 is 0. The largest absolute Gasteiger partial charge is 0.390 e. The fourth-order valence-corrected chi connectivity index (χ4v) is 21.1. The molecule has 11 fully saturated rings. The van der Waals surface area contributed by atoms with E-state index >= 15 is 0 Å². The first kappa shape index (κ1) is 57.8. The average Bonchev–Trinajstić information content (AvgIpc) is 4.04. The molecule has 9 aliphatic carbocycles. The minimum Gasteiger partial charge on any atom is -0.390 e. The highest BCUT2D eigenvalue weighted by Crippen LogP contribution is 2.77. The number of fused-ring (bicyclic) bond motifs is 7. The van der Waals surface area contributed by atoms with Crippen LogP contribution in [0.5, 0.6) is 0 Å². The molecular weight excluding hydrogens is 855 g/mol. The zero-order chi connectivity index (χ0) is 49.6. The van der Waals surface area contributed by atoms with Crippen molar-refractivity contribution >= 4 is 14.2 Å². The van der Waals surface area contributed by atoms with E-state index in [0.29, 0.717) is 63.0 Å². The molecular formula is C61H108BO7. The van der Waals surface area contributed by atoms with Crippen LogP contribution in [0.1, 0.15) is 248 Å². The molecule has 7 nitrogen and oxygen atoms in total. The lowest BCUT2D eigenvalue weighted by Gasteiger charge is -2.47. The molecule has 0 aromatic rings. The van der Waals surface area contributed by atoms with Crippen molar-refractivity contribution in [1.82, 2.24) is 0 Å². The molecule has 0 aromatic carbocycles. The second-order valence-electron chi connectivity index (χ2n) is 28.9. The molecule has 0 amide bonds. The zero-order valence-electron chi connectivity index (χ0n) is 47.2. The predicted octanol–water partition coefficient (Wildman–Crippen LogP) is 14.5. The molecule has 2 N–H and O–H groups in total. The van der Waals surface area contributed by atoms with Crippen LogP contribution < -0.4 is 0 Å². The predicted molar refractivity (Wildman–Crippen MR) is 283 cm³/mol. The van der Waals surface area contributed by atoms with Crippen LogP contribution in [-0.4, -0.2) is 71.1 Å². The van der Waals surface area contributed by atoms with Gasteiger partial charge in [0.25, 0.3) is 0 Å². The van der Waals surface area contributed by atoms with Gasteiger partial charge in [-0.1, -0.05) is 103 Å². The van der Waals surface area contributed by atoms with Crippen LogP contribution in [0.3, 0.4) is 0 Å². The monoisotopic (exact) mass is 964 g/mol.